The van der Waals surface area contributed by atoms with E-state index >= 15 is 0 Å². The minimum Gasteiger partial charge on any atom is -0.404 e. The monoisotopic (exact) mass is 357 g/mol. The Kier molecular flexibility index (Phi) is 4.55. The molecule has 4 rings (SSSR count). The highest BCUT2D eigenvalue weighted by Crippen LogP contribution is 2.40. The number of allylic oxidation sites excluding steroid dienone is 2. The Bertz CT molecular complexity index is 862. The van der Waals surface area contributed by atoms with Crippen LogP contribution in [0.15, 0.2) is 36.3 Å². The van der Waals surface area contributed by atoms with Crippen molar-refractivity contribution in [2.45, 2.75) is 37.8 Å². The summed E-state index contributed by atoms with van der Waals surface area (Å²) in [6, 6.07) is 5.31. The normalized spacial score (nSPS) is 19.9. The van der Waals surface area contributed by atoms with Crippen molar-refractivity contribution in [2.24, 2.45) is 11.5 Å². The lowest BCUT2D eigenvalue weighted by Gasteiger charge is -2.24. The molecule has 138 valence electrons. The number of hydrogen-bond acceptors (Lipinski definition) is 5. The Morgan fingerprint density at radius 1 is 1.27 bits per heavy atom. The van der Waals surface area contributed by atoms with Crippen molar-refractivity contribution >= 4 is 16.6 Å². The molecule has 1 aliphatic carbocycles. The average Bonchev–Trinajstić information content (AvgIpc) is 3.41. The first-order valence-corrected chi connectivity index (χ1v) is 9.07. The van der Waals surface area contributed by atoms with Crippen LogP contribution in [-0.2, 0) is 4.74 Å². The third kappa shape index (κ3) is 3.39. The Morgan fingerprint density at radius 2 is 2.04 bits per heavy atom. The highest BCUT2D eigenvalue weighted by molar-refractivity contribution is 5.82. The first kappa shape index (κ1) is 16.9. The van der Waals surface area contributed by atoms with Gasteiger partial charge in [0.25, 0.3) is 0 Å². The lowest BCUT2D eigenvalue weighted by atomic mass is 10.1. The Hall–Kier alpha value is -2.54. The van der Waals surface area contributed by atoms with Gasteiger partial charge in [-0.3, -0.25) is 0 Å². The van der Waals surface area contributed by atoms with Gasteiger partial charge in [-0.1, -0.05) is 0 Å². The van der Waals surface area contributed by atoms with Gasteiger partial charge in [0.05, 0.1) is 16.9 Å². The van der Waals surface area contributed by atoms with Crippen LogP contribution in [0.25, 0.3) is 16.6 Å². The second-order valence-corrected chi connectivity index (χ2v) is 6.92. The van der Waals surface area contributed by atoms with Crippen molar-refractivity contribution in [3.8, 4) is 0 Å². The summed E-state index contributed by atoms with van der Waals surface area (Å²) in [5.41, 5.74) is 14.4. The van der Waals surface area contributed by atoms with Gasteiger partial charge < -0.3 is 26.1 Å². The van der Waals surface area contributed by atoms with Gasteiger partial charge >= 0.3 is 0 Å². The third-order valence-corrected chi connectivity index (χ3v) is 4.90. The molecule has 0 spiro atoms. The second kappa shape index (κ2) is 6.99. The quantitative estimate of drug-likeness (QED) is 0.715. The fraction of sp³-hybridized carbons (Fsp3) is 0.421. The van der Waals surface area contributed by atoms with E-state index < -0.39 is 0 Å². The van der Waals surface area contributed by atoms with Gasteiger partial charge in [0.15, 0.2) is 0 Å². The summed E-state index contributed by atoms with van der Waals surface area (Å²) >= 11 is 0. The van der Waals surface area contributed by atoms with Crippen LogP contribution >= 0.6 is 0 Å². The Balaban J connectivity index is 1.66. The molecule has 0 atom stereocenters. The maximum atomic E-state index is 13.7. The Morgan fingerprint density at radius 3 is 2.73 bits per heavy atom. The number of rotatable bonds is 5. The summed E-state index contributed by atoms with van der Waals surface area (Å²) < 4.78 is 21.2. The van der Waals surface area contributed by atoms with Crippen LogP contribution < -0.4 is 16.8 Å². The van der Waals surface area contributed by atoms with Crippen molar-refractivity contribution in [3.63, 3.8) is 0 Å². The number of halogens is 1. The van der Waals surface area contributed by atoms with Crippen LogP contribution in [0, 0.1) is 5.82 Å². The maximum absolute atomic E-state index is 13.7. The van der Waals surface area contributed by atoms with E-state index in [1.807, 2.05) is 6.08 Å². The van der Waals surface area contributed by atoms with E-state index in [1.54, 1.807) is 6.07 Å². The van der Waals surface area contributed by atoms with Crippen molar-refractivity contribution in [1.29, 1.82) is 0 Å². The molecule has 1 aliphatic heterocycles. The number of nitrogens with two attached hydrogens (primary N) is 2. The van der Waals surface area contributed by atoms with Crippen LogP contribution in [-0.4, -0.2) is 28.8 Å². The van der Waals surface area contributed by atoms with Gasteiger partial charge in [0, 0.05) is 37.1 Å². The van der Waals surface area contributed by atoms with Crippen molar-refractivity contribution < 1.29 is 9.13 Å². The summed E-state index contributed by atoms with van der Waals surface area (Å²) in [5.74, 6) is 1.02. The number of benzene rings is 1. The van der Waals surface area contributed by atoms with Crippen LogP contribution in [0.5, 0.6) is 0 Å². The van der Waals surface area contributed by atoms with Crippen LogP contribution in [0.4, 0.5) is 4.39 Å². The fourth-order valence-electron chi connectivity index (χ4n) is 3.45. The van der Waals surface area contributed by atoms with Crippen LogP contribution in [0.1, 0.15) is 37.5 Å². The minimum absolute atomic E-state index is 0.264. The highest BCUT2D eigenvalue weighted by atomic mass is 19.1. The molecule has 2 fully saturated rings. The van der Waals surface area contributed by atoms with E-state index in [2.05, 4.69) is 14.9 Å². The maximum Gasteiger partial charge on any atom is 0.142 e. The zero-order valence-corrected chi connectivity index (χ0v) is 14.6. The van der Waals surface area contributed by atoms with Crippen molar-refractivity contribution in [3.05, 3.63) is 47.9 Å². The summed E-state index contributed by atoms with van der Waals surface area (Å²) in [4.78, 5) is 4.69. The molecule has 7 heteroatoms. The molecular formula is C19H24FN5O. The summed E-state index contributed by atoms with van der Waals surface area (Å²) in [6.45, 7) is 1.49. The van der Waals surface area contributed by atoms with Crippen LogP contribution in [0.3, 0.4) is 0 Å². The Labute approximate surface area is 151 Å². The molecule has 0 radical (unpaired) electrons. The molecule has 0 amide bonds. The summed E-state index contributed by atoms with van der Waals surface area (Å²) in [5, 5.41) is 3.33. The first-order valence-electron chi connectivity index (χ1n) is 9.07. The summed E-state index contributed by atoms with van der Waals surface area (Å²) in [6.07, 6.45) is 7.30. The molecule has 5 N–H and O–H groups in total. The van der Waals surface area contributed by atoms with E-state index in [0.717, 1.165) is 61.3 Å². The molecule has 2 heterocycles. The molecule has 0 bridgehead atoms. The van der Waals surface area contributed by atoms with Gasteiger partial charge in [-0.2, -0.15) is 0 Å². The van der Waals surface area contributed by atoms with Gasteiger partial charge in [0.2, 0.25) is 0 Å². The summed E-state index contributed by atoms with van der Waals surface area (Å²) in [7, 11) is 0. The predicted octanol–water partition coefficient (Wildman–Crippen LogP) is 2.38. The van der Waals surface area contributed by atoms with E-state index in [9.17, 15) is 4.39 Å². The van der Waals surface area contributed by atoms with Crippen LogP contribution in [0.2, 0.25) is 0 Å². The molecule has 26 heavy (non-hydrogen) atoms. The molecular weight excluding hydrogens is 333 g/mol. The first-order chi connectivity index (χ1) is 12.7. The number of imidazole rings is 1. The molecule has 1 saturated heterocycles. The van der Waals surface area contributed by atoms with Gasteiger partial charge in [-0.25, -0.2) is 9.37 Å². The number of nitrogens with one attached hydrogen (secondary N) is 1. The van der Waals surface area contributed by atoms with Crippen molar-refractivity contribution in [1.82, 2.24) is 14.9 Å². The van der Waals surface area contributed by atoms with Gasteiger partial charge in [-0.05, 0) is 50.0 Å². The molecule has 1 aromatic heterocycles. The highest BCUT2D eigenvalue weighted by Gasteiger charge is 2.29. The smallest absolute Gasteiger partial charge is 0.142 e. The third-order valence-electron chi connectivity index (χ3n) is 4.90. The van der Waals surface area contributed by atoms with Gasteiger partial charge in [0.1, 0.15) is 11.6 Å². The topological polar surface area (TPSA) is 91.1 Å². The minimum atomic E-state index is -0.264. The van der Waals surface area contributed by atoms with E-state index in [1.165, 1.54) is 18.3 Å². The zero-order chi connectivity index (χ0) is 18.1. The standard InChI is InChI=1S/C19H24FN5O/c20-13-1-4-16-17(10-13)25(15-2-3-15)19(24-16)12(11-21)9-18(22)23-14-5-7-26-8-6-14/h1,4,9-11,14-15,23H,2-3,5-8,21-22H2/b12-11+,18-9+. The molecule has 0 unspecified atom stereocenters. The average molecular weight is 357 g/mol. The molecule has 1 saturated carbocycles. The fourth-order valence-corrected chi connectivity index (χ4v) is 3.45. The number of ether oxygens (including phenoxy) is 1. The number of aromatic nitrogens is 2. The SMILES string of the molecule is N/C=C(\C=C(/N)NC1CCOCC1)c1nc2ccc(F)cc2n1C1CC1. The number of nitrogens with zero attached hydrogens (tertiary/aromatic N) is 2. The van der Waals surface area contributed by atoms with Crippen molar-refractivity contribution in [2.75, 3.05) is 13.2 Å². The largest absolute Gasteiger partial charge is 0.404 e. The van der Waals surface area contributed by atoms with E-state index in [4.69, 9.17) is 16.2 Å². The lowest BCUT2D eigenvalue weighted by molar-refractivity contribution is 0.0803. The molecule has 1 aromatic carbocycles. The predicted molar refractivity (Wildman–Crippen MR) is 99.4 cm³/mol. The number of fused-ring (bicyclic) bond motifs is 1. The second-order valence-electron chi connectivity index (χ2n) is 6.92. The van der Waals surface area contributed by atoms with E-state index in [0.29, 0.717) is 17.9 Å². The number of hydrogen-bond donors (Lipinski definition) is 3. The van der Waals surface area contributed by atoms with E-state index in [-0.39, 0.29) is 5.82 Å². The zero-order valence-electron chi connectivity index (χ0n) is 14.6. The lowest BCUT2D eigenvalue weighted by Crippen LogP contribution is -2.36. The molecule has 2 aromatic rings. The van der Waals surface area contributed by atoms with Gasteiger partial charge in [-0.15, -0.1) is 0 Å². The molecule has 2 aliphatic rings. The molecule has 6 nitrogen and oxygen atoms in total.